The summed E-state index contributed by atoms with van der Waals surface area (Å²) in [5.74, 6) is 0.536. The van der Waals surface area contributed by atoms with Crippen LogP contribution in [0.25, 0.3) is 0 Å². The molecule has 1 aliphatic carbocycles. The maximum Gasteiger partial charge on any atom is 0.193 e. The van der Waals surface area contributed by atoms with Gasteiger partial charge in [-0.15, -0.1) is 24.0 Å². The van der Waals surface area contributed by atoms with Crippen LogP contribution in [0.15, 0.2) is 23.2 Å². The van der Waals surface area contributed by atoms with Crippen molar-refractivity contribution in [3.05, 3.63) is 29.3 Å². The number of nitrogens with zero attached hydrogens (tertiary/aromatic N) is 2. The Morgan fingerprint density at radius 3 is 2.73 bits per heavy atom. The van der Waals surface area contributed by atoms with Gasteiger partial charge in [0.1, 0.15) is 0 Å². The highest BCUT2D eigenvalue weighted by atomic mass is 127. The van der Waals surface area contributed by atoms with Gasteiger partial charge in [-0.3, -0.25) is 4.99 Å². The van der Waals surface area contributed by atoms with Crippen molar-refractivity contribution >= 4 is 35.6 Å². The zero-order valence-corrected chi connectivity index (χ0v) is 15.5. The average molecular weight is 414 g/mol. The Kier molecular flexibility index (Phi) is 6.95. The Balaban J connectivity index is 0.00000176. The van der Waals surface area contributed by atoms with Gasteiger partial charge in [0.05, 0.1) is 0 Å². The number of nitrogens with two attached hydrogens (primary N) is 1. The van der Waals surface area contributed by atoms with Gasteiger partial charge in [0.15, 0.2) is 5.96 Å². The molecule has 0 spiro atoms. The van der Waals surface area contributed by atoms with Crippen LogP contribution in [0.3, 0.4) is 0 Å². The van der Waals surface area contributed by atoms with Crippen molar-refractivity contribution in [1.82, 2.24) is 4.90 Å². The molecule has 22 heavy (non-hydrogen) atoms. The number of halogens is 1. The van der Waals surface area contributed by atoms with Crippen molar-refractivity contribution < 1.29 is 0 Å². The molecule has 122 valence electrons. The topological polar surface area (TPSA) is 53.6 Å². The minimum atomic E-state index is 0. The largest absolute Gasteiger partial charge is 0.370 e. The molecule has 0 saturated carbocycles. The Labute approximate surface area is 150 Å². The van der Waals surface area contributed by atoms with Crippen LogP contribution < -0.4 is 11.1 Å². The highest BCUT2D eigenvalue weighted by Crippen LogP contribution is 2.24. The molecule has 1 heterocycles. The van der Waals surface area contributed by atoms with Gasteiger partial charge in [-0.05, 0) is 81.4 Å². The second kappa shape index (κ2) is 8.72. The minimum absolute atomic E-state index is 0. The number of hydrogen-bond donors (Lipinski definition) is 2. The van der Waals surface area contributed by atoms with Gasteiger partial charge in [-0.25, -0.2) is 0 Å². The summed E-state index contributed by atoms with van der Waals surface area (Å²) in [4.78, 5) is 6.94. The molecule has 4 nitrogen and oxygen atoms in total. The van der Waals surface area contributed by atoms with E-state index >= 15 is 0 Å². The summed E-state index contributed by atoms with van der Waals surface area (Å²) in [7, 11) is 0. The third kappa shape index (κ3) is 4.84. The standard InChI is InChI=1S/C17H26N4.HI/c18-17(19-9-4-12-21-10-1-2-11-21)20-16-8-7-14-5-3-6-15(14)13-16;/h7-8,13H,1-6,9-12H2,(H3,18,19,20);1H. The molecule has 1 aliphatic heterocycles. The quantitative estimate of drug-likeness (QED) is 0.337. The number of hydrogen-bond acceptors (Lipinski definition) is 2. The van der Waals surface area contributed by atoms with E-state index in [1.165, 1.54) is 56.3 Å². The highest BCUT2D eigenvalue weighted by molar-refractivity contribution is 14.0. The molecule has 3 N–H and O–H groups in total. The van der Waals surface area contributed by atoms with Crippen LogP contribution in [0.5, 0.6) is 0 Å². The number of likely N-dealkylation sites (tertiary alicyclic amines) is 1. The third-order valence-electron chi connectivity index (χ3n) is 4.48. The fraction of sp³-hybridized carbons (Fsp3) is 0.588. The lowest BCUT2D eigenvalue weighted by Gasteiger charge is -2.13. The Morgan fingerprint density at radius 2 is 1.91 bits per heavy atom. The van der Waals surface area contributed by atoms with E-state index in [1.54, 1.807) is 0 Å². The van der Waals surface area contributed by atoms with Crippen molar-refractivity contribution in [3.8, 4) is 0 Å². The van der Waals surface area contributed by atoms with E-state index in [1.807, 2.05) is 0 Å². The second-order valence-corrected chi connectivity index (χ2v) is 6.13. The molecule has 0 aromatic heterocycles. The Bertz CT molecular complexity index is 509. The summed E-state index contributed by atoms with van der Waals surface area (Å²) in [5.41, 5.74) is 9.98. The van der Waals surface area contributed by atoms with Crippen molar-refractivity contribution in [2.45, 2.75) is 38.5 Å². The Hall–Kier alpha value is -0.820. The van der Waals surface area contributed by atoms with Gasteiger partial charge >= 0.3 is 0 Å². The van der Waals surface area contributed by atoms with E-state index in [0.29, 0.717) is 5.96 Å². The number of guanidine groups is 1. The molecule has 0 unspecified atom stereocenters. The molecule has 1 saturated heterocycles. The molecule has 0 radical (unpaired) electrons. The van der Waals surface area contributed by atoms with Crippen LogP contribution in [0, 0.1) is 0 Å². The molecule has 0 bridgehead atoms. The number of aryl methyl sites for hydroxylation is 2. The van der Waals surface area contributed by atoms with Gasteiger partial charge in [0.2, 0.25) is 0 Å². The fourth-order valence-electron chi connectivity index (χ4n) is 3.34. The number of rotatable bonds is 5. The summed E-state index contributed by atoms with van der Waals surface area (Å²) in [6.07, 6.45) is 7.48. The molecular weight excluding hydrogens is 387 g/mol. The summed E-state index contributed by atoms with van der Waals surface area (Å²) in [6, 6.07) is 6.54. The maximum absolute atomic E-state index is 5.97. The van der Waals surface area contributed by atoms with Crippen LogP contribution in [-0.2, 0) is 12.8 Å². The molecule has 5 heteroatoms. The summed E-state index contributed by atoms with van der Waals surface area (Å²) >= 11 is 0. The number of nitrogens with one attached hydrogen (secondary N) is 1. The van der Waals surface area contributed by atoms with Crippen LogP contribution in [0.2, 0.25) is 0 Å². The van der Waals surface area contributed by atoms with E-state index in [0.717, 1.165) is 25.2 Å². The molecule has 0 amide bonds. The first-order valence-corrected chi connectivity index (χ1v) is 8.22. The van der Waals surface area contributed by atoms with Gasteiger partial charge in [-0.1, -0.05) is 6.07 Å². The lowest BCUT2D eigenvalue weighted by molar-refractivity contribution is 0.336. The molecule has 1 fully saturated rings. The average Bonchev–Trinajstić information content (AvgIpc) is 3.14. The summed E-state index contributed by atoms with van der Waals surface area (Å²) < 4.78 is 0. The van der Waals surface area contributed by atoms with Crippen molar-refractivity contribution in [1.29, 1.82) is 0 Å². The third-order valence-corrected chi connectivity index (χ3v) is 4.48. The summed E-state index contributed by atoms with van der Waals surface area (Å²) in [5, 5.41) is 3.21. The smallest absolute Gasteiger partial charge is 0.193 e. The zero-order valence-electron chi connectivity index (χ0n) is 13.2. The zero-order chi connectivity index (χ0) is 14.5. The number of fused-ring (bicyclic) bond motifs is 1. The molecule has 0 atom stereocenters. The monoisotopic (exact) mass is 414 g/mol. The van der Waals surface area contributed by atoms with Gasteiger partial charge < -0.3 is 16.0 Å². The first-order valence-electron chi connectivity index (χ1n) is 8.22. The van der Waals surface area contributed by atoms with Crippen molar-refractivity contribution in [2.75, 3.05) is 31.5 Å². The first kappa shape index (κ1) is 17.5. The molecule has 2 aliphatic rings. The number of aliphatic imine (C=N–C) groups is 1. The molecule has 1 aromatic rings. The van der Waals surface area contributed by atoms with Gasteiger partial charge in [-0.2, -0.15) is 0 Å². The molecule has 3 rings (SSSR count). The van der Waals surface area contributed by atoms with Gasteiger partial charge in [0, 0.05) is 12.2 Å². The highest BCUT2D eigenvalue weighted by Gasteiger charge is 2.11. The van der Waals surface area contributed by atoms with Crippen LogP contribution >= 0.6 is 24.0 Å². The SMILES string of the molecule is I.NC(=NCCCN1CCCC1)Nc1ccc2c(c1)CCC2. The van der Waals surface area contributed by atoms with Crippen LogP contribution in [0.1, 0.15) is 36.8 Å². The first-order chi connectivity index (χ1) is 10.3. The van der Waals surface area contributed by atoms with E-state index in [9.17, 15) is 0 Å². The minimum Gasteiger partial charge on any atom is -0.370 e. The van der Waals surface area contributed by atoms with Gasteiger partial charge in [0.25, 0.3) is 0 Å². The normalized spacial score (nSPS) is 18.1. The van der Waals surface area contributed by atoms with Crippen LogP contribution in [0.4, 0.5) is 5.69 Å². The van der Waals surface area contributed by atoms with Crippen molar-refractivity contribution in [2.24, 2.45) is 10.7 Å². The van der Waals surface area contributed by atoms with Crippen LogP contribution in [-0.4, -0.2) is 37.0 Å². The fourth-order valence-corrected chi connectivity index (χ4v) is 3.34. The van der Waals surface area contributed by atoms with E-state index in [-0.39, 0.29) is 24.0 Å². The number of anilines is 1. The summed E-state index contributed by atoms with van der Waals surface area (Å²) in [6.45, 7) is 4.47. The molecule has 1 aromatic carbocycles. The predicted octanol–water partition coefficient (Wildman–Crippen LogP) is 3.01. The maximum atomic E-state index is 5.97. The Morgan fingerprint density at radius 1 is 1.14 bits per heavy atom. The number of benzene rings is 1. The van der Waals surface area contributed by atoms with E-state index < -0.39 is 0 Å². The molecular formula is C17H27IN4. The van der Waals surface area contributed by atoms with Crippen molar-refractivity contribution in [3.63, 3.8) is 0 Å². The predicted molar refractivity (Wildman–Crippen MR) is 104 cm³/mol. The second-order valence-electron chi connectivity index (χ2n) is 6.13. The lowest BCUT2D eigenvalue weighted by Crippen LogP contribution is -2.24. The lowest BCUT2D eigenvalue weighted by atomic mass is 10.1. The van der Waals surface area contributed by atoms with E-state index in [2.05, 4.69) is 33.4 Å². The van der Waals surface area contributed by atoms with E-state index in [4.69, 9.17) is 5.73 Å².